The number of thioether (sulfide) groups is 1. The van der Waals surface area contributed by atoms with Gasteiger partial charge in [0.2, 0.25) is 5.91 Å². The first kappa shape index (κ1) is 17.5. The molecular weight excluding hydrogens is 322 g/mol. The Balaban J connectivity index is 1.49. The van der Waals surface area contributed by atoms with Crippen molar-refractivity contribution in [2.45, 2.75) is 63.6 Å². The fourth-order valence-electron chi connectivity index (χ4n) is 4.38. The molecule has 1 aromatic heterocycles. The van der Waals surface area contributed by atoms with E-state index < -0.39 is 0 Å². The van der Waals surface area contributed by atoms with Crippen molar-refractivity contribution in [2.75, 3.05) is 5.75 Å². The van der Waals surface area contributed by atoms with Gasteiger partial charge in [0.1, 0.15) is 0 Å². The molecule has 0 aromatic carbocycles. The van der Waals surface area contributed by atoms with E-state index in [1.54, 1.807) is 0 Å². The number of hydrogen-bond donors (Lipinski definition) is 2. The SMILES string of the molecule is CCCc1cc(=O)[nH]c(SCC(=O)N[C@@H](C)[C@@H]2C[C@H]3CC[C@H]2C3)n1. The summed E-state index contributed by atoms with van der Waals surface area (Å²) in [6.07, 6.45) is 7.07. The van der Waals surface area contributed by atoms with Crippen molar-refractivity contribution in [3.8, 4) is 0 Å². The van der Waals surface area contributed by atoms with Gasteiger partial charge < -0.3 is 10.3 Å². The van der Waals surface area contributed by atoms with Crippen LogP contribution in [-0.2, 0) is 11.2 Å². The number of fused-ring (bicyclic) bond motifs is 2. The highest BCUT2D eigenvalue weighted by Gasteiger charge is 2.42. The number of H-pyrrole nitrogens is 1. The summed E-state index contributed by atoms with van der Waals surface area (Å²) < 4.78 is 0. The summed E-state index contributed by atoms with van der Waals surface area (Å²) in [4.78, 5) is 31.0. The van der Waals surface area contributed by atoms with E-state index in [-0.39, 0.29) is 17.5 Å². The summed E-state index contributed by atoms with van der Waals surface area (Å²) in [5.74, 6) is 2.66. The van der Waals surface area contributed by atoms with Gasteiger partial charge in [-0.25, -0.2) is 4.98 Å². The van der Waals surface area contributed by atoms with E-state index in [4.69, 9.17) is 0 Å². The van der Waals surface area contributed by atoms with E-state index in [0.717, 1.165) is 30.4 Å². The van der Waals surface area contributed by atoms with E-state index in [2.05, 4.69) is 29.1 Å². The lowest BCUT2D eigenvalue weighted by Gasteiger charge is -2.28. The van der Waals surface area contributed by atoms with Crippen LogP contribution in [0.15, 0.2) is 16.0 Å². The van der Waals surface area contributed by atoms with Crippen LogP contribution in [0, 0.1) is 17.8 Å². The number of aromatic amines is 1. The summed E-state index contributed by atoms with van der Waals surface area (Å²) in [6, 6.07) is 1.78. The van der Waals surface area contributed by atoms with Crippen LogP contribution >= 0.6 is 11.8 Å². The molecule has 1 aromatic rings. The molecule has 4 atom stereocenters. The number of rotatable bonds is 7. The number of aromatic nitrogens is 2. The van der Waals surface area contributed by atoms with Gasteiger partial charge in [0.25, 0.3) is 5.56 Å². The number of nitrogens with zero attached hydrogens (tertiary/aromatic N) is 1. The summed E-state index contributed by atoms with van der Waals surface area (Å²) in [5.41, 5.74) is 0.645. The molecule has 1 heterocycles. The zero-order valence-corrected chi connectivity index (χ0v) is 15.3. The number of carbonyl (C=O) groups excluding carboxylic acids is 1. The molecule has 0 unspecified atom stereocenters. The maximum atomic E-state index is 12.2. The molecule has 2 N–H and O–H groups in total. The molecule has 0 saturated heterocycles. The Morgan fingerprint density at radius 2 is 2.29 bits per heavy atom. The van der Waals surface area contributed by atoms with Gasteiger partial charge in [-0.05, 0) is 50.4 Å². The van der Waals surface area contributed by atoms with Crippen LogP contribution in [0.3, 0.4) is 0 Å². The Labute approximate surface area is 147 Å². The summed E-state index contributed by atoms with van der Waals surface area (Å²) in [5, 5.41) is 3.69. The van der Waals surface area contributed by atoms with Gasteiger partial charge in [-0.2, -0.15) is 0 Å². The fourth-order valence-corrected chi connectivity index (χ4v) is 5.08. The number of amides is 1. The van der Waals surface area contributed by atoms with Gasteiger partial charge in [-0.3, -0.25) is 9.59 Å². The predicted octanol–water partition coefficient (Wildman–Crippen LogP) is 2.76. The summed E-state index contributed by atoms with van der Waals surface area (Å²) >= 11 is 1.30. The number of hydrogen-bond acceptors (Lipinski definition) is 4. The van der Waals surface area contributed by atoms with Gasteiger partial charge in [0.15, 0.2) is 5.16 Å². The minimum absolute atomic E-state index is 0.0267. The molecule has 2 fully saturated rings. The largest absolute Gasteiger partial charge is 0.353 e. The molecule has 1 amide bonds. The van der Waals surface area contributed by atoms with Crippen LogP contribution in [0.25, 0.3) is 0 Å². The van der Waals surface area contributed by atoms with Crippen LogP contribution in [-0.4, -0.2) is 27.7 Å². The minimum atomic E-state index is -0.147. The Bertz CT molecular complexity index is 645. The highest BCUT2D eigenvalue weighted by atomic mass is 32.2. The van der Waals surface area contributed by atoms with Crippen LogP contribution in [0.5, 0.6) is 0 Å². The zero-order valence-electron chi connectivity index (χ0n) is 14.5. The van der Waals surface area contributed by atoms with Crippen LogP contribution in [0.4, 0.5) is 0 Å². The van der Waals surface area contributed by atoms with Crippen molar-refractivity contribution in [2.24, 2.45) is 17.8 Å². The minimum Gasteiger partial charge on any atom is -0.353 e. The van der Waals surface area contributed by atoms with Gasteiger partial charge in [0, 0.05) is 17.8 Å². The van der Waals surface area contributed by atoms with Gasteiger partial charge in [-0.1, -0.05) is 31.5 Å². The molecule has 6 heteroatoms. The van der Waals surface area contributed by atoms with Crippen molar-refractivity contribution in [3.63, 3.8) is 0 Å². The molecule has 0 spiro atoms. The second-order valence-electron chi connectivity index (χ2n) is 7.28. The van der Waals surface area contributed by atoms with Crippen LogP contribution in [0.2, 0.25) is 0 Å². The smallest absolute Gasteiger partial charge is 0.251 e. The van der Waals surface area contributed by atoms with Crippen molar-refractivity contribution >= 4 is 17.7 Å². The topological polar surface area (TPSA) is 74.8 Å². The molecule has 24 heavy (non-hydrogen) atoms. The molecule has 3 rings (SSSR count). The van der Waals surface area contributed by atoms with Crippen LogP contribution < -0.4 is 10.9 Å². The van der Waals surface area contributed by atoms with Crippen molar-refractivity contribution in [1.29, 1.82) is 0 Å². The van der Waals surface area contributed by atoms with Crippen molar-refractivity contribution in [1.82, 2.24) is 15.3 Å². The van der Waals surface area contributed by atoms with Gasteiger partial charge >= 0.3 is 0 Å². The van der Waals surface area contributed by atoms with E-state index in [9.17, 15) is 9.59 Å². The third kappa shape index (κ3) is 4.21. The average Bonchev–Trinajstić information content (AvgIpc) is 3.16. The Morgan fingerprint density at radius 3 is 2.96 bits per heavy atom. The molecule has 5 nitrogen and oxygen atoms in total. The Hall–Kier alpha value is -1.30. The predicted molar refractivity (Wildman–Crippen MR) is 96.1 cm³/mol. The lowest BCUT2D eigenvalue weighted by Crippen LogP contribution is -2.41. The lowest BCUT2D eigenvalue weighted by atomic mass is 9.84. The second kappa shape index (κ2) is 7.72. The zero-order chi connectivity index (χ0) is 17.1. The third-order valence-corrected chi connectivity index (χ3v) is 6.32. The molecule has 2 saturated carbocycles. The van der Waals surface area contributed by atoms with Gasteiger partial charge in [-0.15, -0.1) is 0 Å². The Kier molecular flexibility index (Phi) is 5.64. The molecule has 0 aliphatic heterocycles. The Morgan fingerprint density at radius 1 is 1.46 bits per heavy atom. The van der Waals surface area contributed by atoms with E-state index >= 15 is 0 Å². The average molecular weight is 350 g/mol. The van der Waals surface area contributed by atoms with E-state index in [0.29, 0.717) is 16.8 Å². The standard InChI is InChI=1S/C18H27N3O2S/c1-3-4-14-9-16(22)21-18(20-14)24-10-17(23)19-11(2)15-8-12-5-6-13(15)7-12/h9,11-13,15H,3-8,10H2,1-2H3,(H,19,23)(H,20,21,22)/t11-,12-,13-,15-/m0/s1. The first-order chi connectivity index (χ1) is 11.5. The summed E-state index contributed by atoms with van der Waals surface area (Å²) in [6.45, 7) is 4.19. The molecule has 0 radical (unpaired) electrons. The monoisotopic (exact) mass is 349 g/mol. The fraction of sp³-hybridized carbons (Fsp3) is 0.722. The maximum Gasteiger partial charge on any atom is 0.251 e. The number of nitrogens with one attached hydrogen (secondary N) is 2. The number of aryl methyl sites for hydroxylation is 1. The third-order valence-electron chi connectivity index (χ3n) is 5.44. The molecule has 2 bridgehead atoms. The van der Waals surface area contributed by atoms with Crippen LogP contribution in [0.1, 0.15) is 51.6 Å². The first-order valence-corrected chi connectivity index (χ1v) is 10.1. The van der Waals surface area contributed by atoms with Crippen molar-refractivity contribution in [3.05, 3.63) is 22.1 Å². The molecular formula is C18H27N3O2S. The maximum absolute atomic E-state index is 12.2. The highest BCUT2D eigenvalue weighted by Crippen LogP contribution is 2.49. The summed E-state index contributed by atoms with van der Waals surface area (Å²) in [7, 11) is 0. The van der Waals surface area contributed by atoms with E-state index in [1.165, 1.54) is 43.5 Å². The van der Waals surface area contributed by atoms with E-state index in [1.807, 2.05) is 0 Å². The van der Waals surface area contributed by atoms with Crippen molar-refractivity contribution < 1.29 is 4.79 Å². The normalized spacial score (nSPS) is 26.5. The molecule has 2 aliphatic carbocycles. The van der Waals surface area contributed by atoms with Gasteiger partial charge in [0.05, 0.1) is 5.75 Å². The molecule has 132 valence electrons. The quantitative estimate of drug-likeness (QED) is 0.586. The lowest BCUT2D eigenvalue weighted by molar-refractivity contribution is -0.119. The molecule has 2 aliphatic rings. The second-order valence-corrected chi connectivity index (χ2v) is 8.24. The first-order valence-electron chi connectivity index (χ1n) is 9.07. The number of carbonyl (C=O) groups is 1. The highest BCUT2D eigenvalue weighted by molar-refractivity contribution is 7.99.